The minimum atomic E-state index is -0.355. The Kier molecular flexibility index (Phi) is 12.5. The molecule has 4 aliphatic carbocycles. The van der Waals surface area contributed by atoms with Crippen LogP contribution >= 0.6 is 0 Å². The summed E-state index contributed by atoms with van der Waals surface area (Å²) in [5.41, 5.74) is 40.7. The van der Waals surface area contributed by atoms with Gasteiger partial charge in [-0.3, -0.25) is 4.57 Å². The van der Waals surface area contributed by atoms with Crippen LogP contribution in [0.15, 0.2) is 315 Å². The van der Waals surface area contributed by atoms with E-state index < -0.39 is 0 Å². The Bertz CT molecular complexity index is 7290. The fraction of sp³-hybridized carbons (Fsp3) is 0.114. The van der Waals surface area contributed by atoms with Crippen molar-refractivity contribution >= 4 is 76.3 Å². The lowest BCUT2D eigenvalue weighted by molar-refractivity contribution is 0.660. The predicted octanol–water partition coefficient (Wildman–Crippen LogP) is 27.4. The molecule has 516 valence electrons. The number of hydrogen-bond acceptors (Lipinski definition) is 1. The maximum atomic E-state index is 5.81. The molecule has 0 spiro atoms. The Morgan fingerprint density at radius 1 is 0.193 bits per heavy atom. The van der Waals surface area contributed by atoms with E-state index in [-0.39, 0.29) is 21.7 Å². The molecule has 0 unspecified atom stereocenters. The van der Waals surface area contributed by atoms with Gasteiger partial charge < -0.3 is 9.13 Å². The average Bonchev–Trinajstić information content (AvgIpc) is 1.57. The lowest BCUT2D eigenvalue weighted by Crippen LogP contribution is -2.15. The van der Waals surface area contributed by atoms with E-state index in [1.165, 1.54) is 166 Å². The Morgan fingerprint density at radius 2 is 0.514 bits per heavy atom. The number of pyridine rings is 1. The summed E-state index contributed by atoms with van der Waals surface area (Å²) in [5, 5.41) is 8.42. The molecule has 0 saturated heterocycles. The fourth-order valence-electron chi connectivity index (χ4n) is 20.7. The number of rotatable bonds is 7. The SMILES string of the molecule is CC1(C)c2ccccc2-c2cc(-c3ccc4c(c3)c3ccccc3n4-c3ccc4c(c3)C(C)(C)c3cc(-c5cc(-n6c7ccccc7c7cc(-c8ccc9c(c8)-c8ccccc8C9(C)C)ccc76)nc6ccc(-n7c8ccccc8c8cc(-c9ccc%10c(c9)-c9ccccc9C%10(C)C)ccc87)cc56)ccc3-4)ccc21. The summed E-state index contributed by atoms with van der Waals surface area (Å²) in [6.07, 6.45) is 0. The molecule has 23 rings (SSSR count). The van der Waals surface area contributed by atoms with E-state index in [9.17, 15) is 0 Å². The van der Waals surface area contributed by atoms with E-state index in [1.807, 2.05) is 0 Å². The normalized spacial score (nSPS) is 14.9. The third-order valence-corrected chi connectivity index (χ3v) is 26.3. The van der Waals surface area contributed by atoms with Gasteiger partial charge in [-0.1, -0.05) is 256 Å². The van der Waals surface area contributed by atoms with Crippen LogP contribution in [0.25, 0.3) is 183 Å². The third-order valence-electron chi connectivity index (χ3n) is 26.3. The molecule has 0 amide bonds. The number of hydrogen-bond donors (Lipinski definition) is 0. The molecule has 0 N–H and O–H groups in total. The van der Waals surface area contributed by atoms with Crippen molar-refractivity contribution in [3.05, 3.63) is 360 Å². The maximum absolute atomic E-state index is 5.81. The number of nitrogens with zero attached hydrogens (tertiary/aromatic N) is 4. The fourth-order valence-corrected chi connectivity index (χ4v) is 20.7. The Balaban J connectivity index is 0.670. The first-order valence-electron chi connectivity index (χ1n) is 38.6. The molecule has 4 heterocycles. The van der Waals surface area contributed by atoms with Crippen LogP contribution < -0.4 is 0 Å². The zero-order valence-electron chi connectivity index (χ0n) is 62.3. The summed E-state index contributed by atoms with van der Waals surface area (Å²) >= 11 is 0. The smallest absolute Gasteiger partial charge is 0.138 e. The van der Waals surface area contributed by atoms with Gasteiger partial charge >= 0.3 is 0 Å². The summed E-state index contributed by atoms with van der Waals surface area (Å²) in [6, 6.07) is 120. The highest BCUT2D eigenvalue weighted by Crippen LogP contribution is 2.56. The molecule has 4 aliphatic rings. The second-order valence-corrected chi connectivity index (χ2v) is 33.4. The first-order valence-corrected chi connectivity index (χ1v) is 38.6. The van der Waals surface area contributed by atoms with Crippen LogP contribution in [0, 0.1) is 0 Å². The molecule has 0 radical (unpaired) electrons. The van der Waals surface area contributed by atoms with Gasteiger partial charge in [0, 0.05) is 70.7 Å². The maximum Gasteiger partial charge on any atom is 0.138 e. The molecule has 0 aliphatic heterocycles. The molecule has 0 atom stereocenters. The van der Waals surface area contributed by atoms with E-state index in [1.54, 1.807) is 0 Å². The summed E-state index contributed by atoms with van der Waals surface area (Å²) in [4.78, 5) is 5.81. The van der Waals surface area contributed by atoms with E-state index >= 15 is 0 Å². The van der Waals surface area contributed by atoms with Crippen LogP contribution in [0.1, 0.15) is 99.9 Å². The Morgan fingerprint density at radius 3 is 0.982 bits per heavy atom. The molecule has 19 aromatic rings. The number of benzene rings is 15. The summed E-state index contributed by atoms with van der Waals surface area (Å²) in [6.45, 7) is 19.0. The summed E-state index contributed by atoms with van der Waals surface area (Å²) < 4.78 is 7.38. The lowest BCUT2D eigenvalue weighted by Gasteiger charge is -2.23. The summed E-state index contributed by atoms with van der Waals surface area (Å²) in [5.74, 6) is 0.877. The molecular formula is C105H76N4. The summed E-state index contributed by atoms with van der Waals surface area (Å²) in [7, 11) is 0. The van der Waals surface area contributed by atoms with E-state index in [2.05, 4.69) is 385 Å². The Labute approximate surface area is 634 Å². The molecule has 109 heavy (non-hydrogen) atoms. The molecule has 0 bridgehead atoms. The quantitative estimate of drug-likeness (QED) is 0.156. The highest BCUT2D eigenvalue weighted by atomic mass is 15.1. The van der Waals surface area contributed by atoms with Crippen molar-refractivity contribution in [2.45, 2.75) is 77.0 Å². The lowest BCUT2D eigenvalue weighted by atomic mass is 9.81. The average molecular weight is 1390 g/mol. The van der Waals surface area contributed by atoms with Gasteiger partial charge in [0.2, 0.25) is 0 Å². The molecular weight excluding hydrogens is 1320 g/mol. The van der Waals surface area contributed by atoms with Crippen molar-refractivity contribution in [1.82, 2.24) is 18.7 Å². The van der Waals surface area contributed by atoms with Crippen LogP contribution in [-0.2, 0) is 21.7 Å². The Hall–Kier alpha value is -12.9. The second-order valence-electron chi connectivity index (χ2n) is 33.4. The topological polar surface area (TPSA) is 27.7 Å². The van der Waals surface area contributed by atoms with Crippen molar-refractivity contribution in [1.29, 1.82) is 0 Å². The van der Waals surface area contributed by atoms with Crippen LogP contribution in [0.3, 0.4) is 0 Å². The molecule has 15 aromatic carbocycles. The van der Waals surface area contributed by atoms with Gasteiger partial charge in [0.25, 0.3) is 0 Å². The van der Waals surface area contributed by atoms with Gasteiger partial charge in [0.1, 0.15) is 5.82 Å². The minimum Gasteiger partial charge on any atom is -0.309 e. The van der Waals surface area contributed by atoms with Crippen molar-refractivity contribution in [3.63, 3.8) is 0 Å². The predicted molar refractivity (Wildman–Crippen MR) is 457 cm³/mol. The highest BCUT2D eigenvalue weighted by molar-refractivity contribution is 6.14. The van der Waals surface area contributed by atoms with Crippen molar-refractivity contribution in [2.75, 3.05) is 0 Å². The van der Waals surface area contributed by atoms with Crippen LogP contribution in [0.5, 0.6) is 0 Å². The zero-order chi connectivity index (χ0) is 72.9. The van der Waals surface area contributed by atoms with Gasteiger partial charge in [-0.15, -0.1) is 0 Å². The first-order chi connectivity index (χ1) is 53.0. The third kappa shape index (κ3) is 8.57. The number of aromatic nitrogens is 4. The van der Waals surface area contributed by atoms with E-state index in [0.29, 0.717) is 0 Å². The molecule has 0 fully saturated rings. The second kappa shape index (κ2) is 21.9. The monoisotopic (exact) mass is 1390 g/mol. The van der Waals surface area contributed by atoms with Gasteiger partial charge in [0.05, 0.1) is 38.6 Å². The molecule has 4 nitrogen and oxygen atoms in total. The van der Waals surface area contributed by atoms with Crippen molar-refractivity contribution in [2.24, 2.45) is 0 Å². The van der Waals surface area contributed by atoms with Crippen molar-refractivity contribution < 1.29 is 0 Å². The minimum absolute atomic E-state index is 0.0426. The molecule has 0 saturated carbocycles. The van der Waals surface area contributed by atoms with Gasteiger partial charge in [-0.2, -0.15) is 0 Å². The van der Waals surface area contributed by atoms with Gasteiger partial charge in [-0.25, -0.2) is 4.98 Å². The zero-order valence-corrected chi connectivity index (χ0v) is 62.3. The highest BCUT2D eigenvalue weighted by Gasteiger charge is 2.40. The molecule has 4 aromatic heterocycles. The molecule has 4 heteroatoms. The van der Waals surface area contributed by atoms with Crippen LogP contribution in [0.4, 0.5) is 0 Å². The standard InChI is InChI=1S/C105H76N4/c1-102(2)86-27-15-9-21-70(86)79-51-61(34-44-89(79)102)64-37-48-98-83(54-64)75-24-12-18-30-95(75)107(98)68-41-47-94-82(58-68)78(60-101(106-94)109-97-32-20-14-26-77(97)85-56-66(39-50-100(85)109)63-36-46-91-81(53-63)72-23-11-17-29-88(72)104(91,5)6)67-33-42-73-74-43-40-69(59-93(74)105(7,8)92(73)57-67)108-96-31-19-13-25-76(96)84-55-65(38-49-99(84)108)62-35-45-90-80(52-62)71-22-10-16-28-87(71)103(90,3)4/h9-60H,1-8H3. The van der Waals surface area contributed by atoms with Gasteiger partial charge in [-0.05, 0) is 249 Å². The number of para-hydroxylation sites is 3. The van der Waals surface area contributed by atoms with Gasteiger partial charge in [0.15, 0.2) is 0 Å². The largest absolute Gasteiger partial charge is 0.309 e. The van der Waals surface area contributed by atoms with Crippen molar-refractivity contribution in [3.8, 4) is 106 Å². The first kappa shape index (κ1) is 62.3. The number of fused-ring (bicyclic) bond motifs is 22. The van der Waals surface area contributed by atoms with Crippen LogP contribution in [0.2, 0.25) is 0 Å². The van der Waals surface area contributed by atoms with E-state index in [4.69, 9.17) is 4.98 Å². The van der Waals surface area contributed by atoms with Crippen LogP contribution in [-0.4, -0.2) is 18.7 Å². The van der Waals surface area contributed by atoms with E-state index in [0.717, 1.165) is 61.3 Å².